The van der Waals surface area contributed by atoms with Gasteiger partial charge >= 0.3 is 0 Å². The van der Waals surface area contributed by atoms with Crippen molar-refractivity contribution in [1.29, 1.82) is 0 Å². The predicted octanol–water partition coefficient (Wildman–Crippen LogP) is 2.12. The van der Waals surface area contributed by atoms with Crippen LogP contribution in [0.25, 0.3) is 10.9 Å². The fraction of sp³-hybridized carbons (Fsp3) is 0.400. The van der Waals surface area contributed by atoms with Gasteiger partial charge in [0.2, 0.25) is 10.0 Å². The smallest absolute Gasteiger partial charge is 0.234 e. The first kappa shape index (κ1) is 14.3. The maximum atomic E-state index is 12.2. The van der Waals surface area contributed by atoms with E-state index in [0.717, 1.165) is 36.7 Å². The standard InChI is InChI=1S/C15H19N3O2S/c19-21(20,11-14-5-1-2-8-16-14)18-13-6-7-15-12(10-13)4-3-9-17-15/h3-4,6-7,9-10,14,16,18H,1-2,5,8,11H2. The van der Waals surface area contributed by atoms with Gasteiger partial charge in [0, 0.05) is 23.3 Å². The molecule has 2 N–H and O–H groups in total. The van der Waals surface area contributed by atoms with E-state index >= 15 is 0 Å². The van der Waals surface area contributed by atoms with Crippen molar-refractivity contribution in [1.82, 2.24) is 10.3 Å². The molecule has 1 aromatic heterocycles. The maximum absolute atomic E-state index is 12.2. The summed E-state index contributed by atoms with van der Waals surface area (Å²) in [5, 5.41) is 4.19. The molecule has 5 nitrogen and oxygen atoms in total. The van der Waals surface area contributed by atoms with Crippen LogP contribution < -0.4 is 10.0 Å². The first-order chi connectivity index (χ1) is 10.1. The zero-order valence-electron chi connectivity index (χ0n) is 11.7. The molecule has 1 saturated heterocycles. The third-order valence-corrected chi connectivity index (χ3v) is 5.10. The Labute approximate surface area is 124 Å². The van der Waals surface area contributed by atoms with Gasteiger partial charge in [-0.2, -0.15) is 0 Å². The molecule has 0 saturated carbocycles. The van der Waals surface area contributed by atoms with Gasteiger partial charge in [0.15, 0.2) is 0 Å². The van der Waals surface area contributed by atoms with E-state index in [1.165, 1.54) is 0 Å². The molecule has 0 amide bonds. The largest absolute Gasteiger partial charge is 0.313 e. The third-order valence-electron chi connectivity index (χ3n) is 3.71. The number of aromatic nitrogens is 1. The zero-order valence-corrected chi connectivity index (χ0v) is 12.6. The van der Waals surface area contributed by atoms with Gasteiger partial charge in [-0.15, -0.1) is 0 Å². The average Bonchev–Trinajstić information content (AvgIpc) is 2.47. The molecule has 1 aliphatic rings. The molecule has 1 fully saturated rings. The highest BCUT2D eigenvalue weighted by Gasteiger charge is 2.20. The number of anilines is 1. The summed E-state index contributed by atoms with van der Waals surface area (Å²) in [5.74, 6) is 0.123. The van der Waals surface area contributed by atoms with E-state index in [2.05, 4.69) is 15.0 Å². The Morgan fingerprint density at radius 3 is 3.00 bits per heavy atom. The molecule has 1 aliphatic heterocycles. The first-order valence-electron chi connectivity index (χ1n) is 7.21. The Kier molecular flexibility index (Phi) is 4.07. The summed E-state index contributed by atoms with van der Waals surface area (Å²) >= 11 is 0. The van der Waals surface area contributed by atoms with Crippen LogP contribution in [0.5, 0.6) is 0 Å². The molecule has 112 valence electrons. The second kappa shape index (κ2) is 5.99. The minimum atomic E-state index is -3.34. The highest BCUT2D eigenvalue weighted by atomic mass is 32.2. The van der Waals surface area contributed by atoms with E-state index in [1.807, 2.05) is 24.3 Å². The summed E-state index contributed by atoms with van der Waals surface area (Å²) < 4.78 is 27.1. The van der Waals surface area contributed by atoms with E-state index in [0.29, 0.717) is 5.69 Å². The van der Waals surface area contributed by atoms with Crippen LogP contribution >= 0.6 is 0 Å². The van der Waals surface area contributed by atoms with Gasteiger partial charge in [-0.3, -0.25) is 9.71 Å². The van der Waals surface area contributed by atoms with Gasteiger partial charge < -0.3 is 5.32 Å². The van der Waals surface area contributed by atoms with Crippen LogP contribution in [0.4, 0.5) is 5.69 Å². The Hall–Kier alpha value is -1.66. The number of piperidine rings is 1. The predicted molar refractivity (Wildman–Crippen MR) is 84.8 cm³/mol. The van der Waals surface area contributed by atoms with Crippen molar-refractivity contribution in [2.24, 2.45) is 0 Å². The quantitative estimate of drug-likeness (QED) is 0.907. The van der Waals surface area contributed by atoms with E-state index in [9.17, 15) is 8.42 Å². The molecule has 3 rings (SSSR count). The van der Waals surface area contributed by atoms with Crippen LogP contribution in [0.3, 0.4) is 0 Å². The van der Waals surface area contributed by atoms with Crippen LogP contribution in [0.2, 0.25) is 0 Å². The highest BCUT2D eigenvalue weighted by molar-refractivity contribution is 7.92. The van der Waals surface area contributed by atoms with Crippen LogP contribution in [-0.4, -0.2) is 31.7 Å². The van der Waals surface area contributed by atoms with E-state index in [1.54, 1.807) is 12.3 Å². The van der Waals surface area contributed by atoms with Crippen molar-refractivity contribution in [3.8, 4) is 0 Å². The minimum Gasteiger partial charge on any atom is -0.313 e. The summed E-state index contributed by atoms with van der Waals surface area (Å²) in [6.45, 7) is 0.905. The summed E-state index contributed by atoms with van der Waals surface area (Å²) in [6.07, 6.45) is 4.86. The summed E-state index contributed by atoms with van der Waals surface area (Å²) in [6, 6.07) is 9.20. The second-order valence-corrected chi connectivity index (χ2v) is 7.21. The van der Waals surface area contributed by atoms with Crippen LogP contribution in [0, 0.1) is 0 Å². The Bertz CT molecular complexity index is 725. The first-order valence-corrected chi connectivity index (χ1v) is 8.86. The molecule has 0 bridgehead atoms. The van der Waals surface area contributed by atoms with Crippen LogP contribution in [0.1, 0.15) is 19.3 Å². The summed E-state index contributed by atoms with van der Waals surface area (Å²) in [4.78, 5) is 4.23. The molecular weight excluding hydrogens is 286 g/mol. The molecule has 0 radical (unpaired) electrons. The number of benzene rings is 1. The van der Waals surface area contributed by atoms with Crippen molar-refractivity contribution in [3.63, 3.8) is 0 Å². The average molecular weight is 305 g/mol. The van der Waals surface area contributed by atoms with Crippen molar-refractivity contribution in [3.05, 3.63) is 36.5 Å². The van der Waals surface area contributed by atoms with Gasteiger partial charge in [-0.25, -0.2) is 8.42 Å². The van der Waals surface area contributed by atoms with Crippen LogP contribution in [-0.2, 0) is 10.0 Å². The van der Waals surface area contributed by atoms with Gasteiger partial charge in [-0.05, 0) is 43.7 Å². The van der Waals surface area contributed by atoms with E-state index in [-0.39, 0.29) is 11.8 Å². The molecule has 2 heterocycles. The number of fused-ring (bicyclic) bond motifs is 1. The maximum Gasteiger partial charge on any atom is 0.234 e. The summed E-state index contributed by atoms with van der Waals surface area (Å²) in [5.41, 5.74) is 1.45. The number of nitrogens with one attached hydrogen (secondary N) is 2. The van der Waals surface area contributed by atoms with Gasteiger partial charge in [0.25, 0.3) is 0 Å². The number of hydrogen-bond donors (Lipinski definition) is 2. The van der Waals surface area contributed by atoms with Gasteiger partial charge in [0.05, 0.1) is 11.3 Å². The Morgan fingerprint density at radius 2 is 2.19 bits per heavy atom. The topological polar surface area (TPSA) is 71.1 Å². The molecular formula is C15H19N3O2S. The Balaban J connectivity index is 1.73. The lowest BCUT2D eigenvalue weighted by Crippen LogP contribution is -2.40. The summed E-state index contributed by atoms with van der Waals surface area (Å²) in [7, 11) is -3.34. The molecule has 0 spiro atoms. The van der Waals surface area contributed by atoms with Crippen molar-refractivity contribution >= 4 is 26.6 Å². The lowest BCUT2D eigenvalue weighted by atomic mass is 10.1. The van der Waals surface area contributed by atoms with Crippen molar-refractivity contribution < 1.29 is 8.42 Å². The minimum absolute atomic E-state index is 0.0540. The van der Waals surface area contributed by atoms with Crippen molar-refractivity contribution in [2.45, 2.75) is 25.3 Å². The lowest BCUT2D eigenvalue weighted by Gasteiger charge is -2.23. The highest BCUT2D eigenvalue weighted by Crippen LogP contribution is 2.19. The van der Waals surface area contributed by atoms with Gasteiger partial charge in [0.1, 0.15) is 0 Å². The SMILES string of the molecule is O=S(=O)(CC1CCCCN1)Nc1ccc2ncccc2c1. The molecule has 2 aromatic rings. The second-order valence-electron chi connectivity index (χ2n) is 5.44. The van der Waals surface area contributed by atoms with Gasteiger partial charge in [-0.1, -0.05) is 12.5 Å². The zero-order chi connectivity index (χ0) is 14.7. The van der Waals surface area contributed by atoms with Crippen LogP contribution in [0.15, 0.2) is 36.5 Å². The fourth-order valence-electron chi connectivity index (χ4n) is 2.69. The normalized spacial score (nSPS) is 19.5. The van der Waals surface area contributed by atoms with E-state index in [4.69, 9.17) is 0 Å². The van der Waals surface area contributed by atoms with E-state index < -0.39 is 10.0 Å². The number of nitrogens with zero attached hydrogens (tertiary/aromatic N) is 1. The fourth-order valence-corrected chi connectivity index (χ4v) is 4.08. The molecule has 0 aliphatic carbocycles. The number of pyridine rings is 1. The molecule has 1 aromatic carbocycles. The monoisotopic (exact) mass is 305 g/mol. The Morgan fingerprint density at radius 1 is 1.29 bits per heavy atom. The molecule has 6 heteroatoms. The third kappa shape index (κ3) is 3.71. The number of rotatable bonds is 4. The number of hydrogen-bond acceptors (Lipinski definition) is 4. The van der Waals surface area contributed by atoms with Crippen molar-refractivity contribution in [2.75, 3.05) is 17.0 Å². The molecule has 21 heavy (non-hydrogen) atoms. The number of sulfonamides is 1. The lowest BCUT2D eigenvalue weighted by molar-refractivity contribution is 0.424. The molecule has 1 unspecified atom stereocenters. The molecule has 1 atom stereocenters.